The summed E-state index contributed by atoms with van der Waals surface area (Å²) in [5.41, 5.74) is 4.46. The minimum atomic E-state index is -0.478. The van der Waals surface area contributed by atoms with E-state index in [2.05, 4.69) is 35.4 Å². The van der Waals surface area contributed by atoms with E-state index in [0.29, 0.717) is 5.75 Å². The summed E-state index contributed by atoms with van der Waals surface area (Å²) in [6.07, 6.45) is 1.09. The van der Waals surface area contributed by atoms with Crippen LogP contribution in [0.4, 0.5) is 10.1 Å². The summed E-state index contributed by atoms with van der Waals surface area (Å²) in [5.74, 6) is 6.96. The highest BCUT2D eigenvalue weighted by Crippen LogP contribution is 2.22. The highest BCUT2D eigenvalue weighted by atomic mass is 18.2. The molecule has 0 aliphatic carbocycles. The first kappa shape index (κ1) is 13.5. The molecule has 2 aromatic carbocycles. The number of anilines is 1. The molecule has 1 aliphatic heterocycles. The Bertz CT molecular complexity index is 683. The van der Waals surface area contributed by atoms with Gasteiger partial charge in [-0.1, -0.05) is 17.9 Å². The second-order valence-corrected chi connectivity index (χ2v) is 4.86. The van der Waals surface area contributed by atoms with Crippen molar-refractivity contribution in [2.75, 3.05) is 25.1 Å². The maximum Gasteiger partial charge on any atom is 0.123 e. The molecule has 0 fully saturated rings. The Hall–Kier alpha value is -2.47. The molecule has 3 rings (SSSR count). The van der Waals surface area contributed by atoms with Crippen LogP contribution in [0.2, 0.25) is 0 Å². The third-order valence-corrected chi connectivity index (χ3v) is 3.37. The molecule has 1 N–H and O–H groups in total. The number of nitrogens with one attached hydrogen (secondary N) is 1. The summed E-state index contributed by atoms with van der Waals surface area (Å²) in [4.78, 5) is 0. The van der Waals surface area contributed by atoms with Gasteiger partial charge in [-0.15, -0.1) is 0 Å². The average Bonchev–Trinajstić information content (AvgIpc) is 2.99. The van der Waals surface area contributed by atoms with Crippen molar-refractivity contribution in [3.05, 3.63) is 59.2 Å². The Labute approximate surface area is 124 Å². The number of fused-ring (bicyclic) bond motifs is 1. The van der Waals surface area contributed by atoms with Crippen LogP contribution < -0.4 is 10.1 Å². The largest absolute Gasteiger partial charge is 0.491 e. The van der Waals surface area contributed by atoms with Crippen molar-refractivity contribution in [3.8, 4) is 17.6 Å². The number of rotatable bonds is 3. The van der Waals surface area contributed by atoms with Gasteiger partial charge in [-0.25, -0.2) is 4.39 Å². The molecule has 0 amide bonds. The quantitative estimate of drug-likeness (QED) is 0.870. The van der Waals surface area contributed by atoms with Gasteiger partial charge < -0.3 is 10.1 Å². The summed E-state index contributed by atoms with van der Waals surface area (Å²) in [6, 6.07) is 13.7. The molecule has 106 valence electrons. The van der Waals surface area contributed by atoms with E-state index < -0.39 is 6.67 Å². The summed E-state index contributed by atoms with van der Waals surface area (Å²) >= 11 is 0. The molecule has 3 heteroatoms. The molecule has 0 saturated heterocycles. The van der Waals surface area contributed by atoms with Gasteiger partial charge in [-0.3, -0.25) is 0 Å². The van der Waals surface area contributed by atoms with E-state index in [1.54, 1.807) is 0 Å². The van der Waals surface area contributed by atoms with Crippen molar-refractivity contribution in [3.63, 3.8) is 0 Å². The van der Waals surface area contributed by atoms with E-state index >= 15 is 0 Å². The molecule has 1 aliphatic rings. The number of hydrogen-bond donors (Lipinski definition) is 1. The van der Waals surface area contributed by atoms with Gasteiger partial charge >= 0.3 is 0 Å². The van der Waals surface area contributed by atoms with Crippen LogP contribution in [0, 0.1) is 11.8 Å². The van der Waals surface area contributed by atoms with Crippen molar-refractivity contribution in [2.24, 2.45) is 0 Å². The van der Waals surface area contributed by atoms with Crippen molar-refractivity contribution >= 4 is 5.69 Å². The van der Waals surface area contributed by atoms with E-state index in [-0.39, 0.29) is 6.61 Å². The third kappa shape index (κ3) is 3.35. The van der Waals surface area contributed by atoms with Crippen molar-refractivity contribution in [2.45, 2.75) is 6.42 Å². The fraction of sp³-hybridized carbons (Fsp3) is 0.222. The smallest absolute Gasteiger partial charge is 0.123 e. The van der Waals surface area contributed by atoms with Gasteiger partial charge in [-0.2, -0.15) is 0 Å². The fourth-order valence-electron chi connectivity index (χ4n) is 2.30. The van der Waals surface area contributed by atoms with E-state index in [9.17, 15) is 4.39 Å². The highest BCUT2D eigenvalue weighted by molar-refractivity contribution is 5.60. The van der Waals surface area contributed by atoms with Gasteiger partial charge in [0.1, 0.15) is 19.0 Å². The number of halogens is 1. The summed E-state index contributed by atoms with van der Waals surface area (Å²) in [6.45, 7) is 0.619. The zero-order valence-corrected chi connectivity index (χ0v) is 11.7. The maximum absolute atomic E-state index is 12.0. The Morgan fingerprint density at radius 3 is 2.62 bits per heavy atom. The first-order valence-corrected chi connectivity index (χ1v) is 7.03. The summed E-state index contributed by atoms with van der Waals surface area (Å²) in [7, 11) is 0. The van der Waals surface area contributed by atoms with E-state index in [1.807, 2.05) is 24.3 Å². The average molecular weight is 280 g/mol. The topological polar surface area (TPSA) is 21.3 Å². The van der Waals surface area contributed by atoms with Crippen molar-refractivity contribution in [1.29, 1.82) is 0 Å². The lowest BCUT2D eigenvalue weighted by Gasteiger charge is -2.02. The van der Waals surface area contributed by atoms with Gasteiger partial charge in [0.05, 0.1) is 0 Å². The second-order valence-electron chi connectivity index (χ2n) is 4.86. The molecule has 0 bridgehead atoms. The Balaban J connectivity index is 1.72. The maximum atomic E-state index is 12.0. The van der Waals surface area contributed by atoms with Crippen LogP contribution in [0.3, 0.4) is 0 Å². The minimum Gasteiger partial charge on any atom is -0.491 e. The van der Waals surface area contributed by atoms with E-state index in [4.69, 9.17) is 4.74 Å². The fourth-order valence-corrected chi connectivity index (χ4v) is 2.30. The van der Waals surface area contributed by atoms with Crippen LogP contribution in [0.15, 0.2) is 42.5 Å². The van der Waals surface area contributed by atoms with E-state index in [0.717, 1.165) is 24.1 Å². The Morgan fingerprint density at radius 2 is 1.81 bits per heavy atom. The number of alkyl halides is 1. The van der Waals surface area contributed by atoms with Crippen molar-refractivity contribution in [1.82, 2.24) is 0 Å². The zero-order chi connectivity index (χ0) is 14.5. The third-order valence-electron chi connectivity index (χ3n) is 3.37. The molecule has 0 aromatic heterocycles. The molecular weight excluding hydrogens is 264 g/mol. The van der Waals surface area contributed by atoms with Crippen LogP contribution in [-0.2, 0) is 6.42 Å². The second kappa shape index (κ2) is 6.32. The van der Waals surface area contributed by atoms with E-state index in [1.165, 1.54) is 11.3 Å². The van der Waals surface area contributed by atoms with Gasteiger partial charge in [0.25, 0.3) is 0 Å². The molecule has 2 nitrogen and oxygen atoms in total. The molecule has 0 unspecified atom stereocenters. The number of hydrogen-bond acceptors (Lipinski definition) is 2. The standard InChI is InChI=1S/C18H16FNO/c19-10-12-21-17-7-4-14(5-8-17)1-2-15-3-6-16-9-11-20-18(16)13-15/h3-8,13,20H,9-12H2/i19-1. The lowest BCUT2D eigenvalue weighted by Crippen LogP contribution is -1.98. The minimum absolute atomic E-state index is 0.0904. The molecule has 0 spiro atoms. The lowest BCUT2D eigenvalue weighted by molar-refractivity contribution is 0.273. The first-order valence-electron chi connectivity index (χ1n) is 7.03. The molecule has 0 saturated carbocycles. The number of ether oxygens (including phenoxy) is 1. The Morgan fingerprint density at radius 1 is 1.05 bits per heavy atom. The molecule has 2 aromatic rings. The lowest BCUT2D eigenvalue weighted by atomic mass is 10.1. The number of benzene rings is 2. The van der Waals surface area contributed by atoms with Crippen LogP contribution >= 0.6 is 0 Å². The summed E-state index contributed by atoms with van der Waals surface area (Å²) in [5, 5.41) is 3.35. The van der Waals surface area contributed by atoms with Gasteiger partial charge in [-0.05, 0) is 48.4 Å². The van der Waals surface area contributed by atoms with Gasteiger partial charge in [0.2, 0.25) is 0 Å². The van der Waals surface area contributed by atoms with Gasteiger partial charge in [0.15, 0.2) is 0 Å². The molecule has 0 atom stereocenters. The van der Waals surface area contributed by atoms with Crippen LogP contribution in [-0.4, -0.2) is 19.8 Å². The Kier molecular flexibility index (Phi) is 4.07. The summed E-state index contributed by atoms with van der Waals surface area (Å²) < 4.78 is 17.2. The predicted molar refractivity (Wildman–Crippen MR) is 82.5 cm³/mol. The molecule has 0 radical (unpaired) electrons. The molecule has 21 heavy (non-hydrogen) atoms. The van der Waals surface area contributed by atoms with Crippen LogP contribution in [0.25, 0.3) is 0 Å². The van der Waals surface area contributed by atoms with Crippen LogP contribution in [0.1, 0.15) is 16.7 Å². The highest BCUT2D eigenvalue weighted by Gasteiger charge is 2.08. The first-order chi connectivity index (χ1) is 10.3. The van der Waals surface area contributed by atoms with Crippen molar-refractivity contribution < 1.29 is 9.13 Å². The molecule has 1 heterocycles. The normalized spacial score (nSPS) is 12.0. The monoisotopic (exact) mass is 280 g/mol. The SMILES string of the molecule is [18F]CCOc1ccc(C#Cc2ccc3c(c2)NCC3)cc1. The van der Waals surface area contributed by atoms with Crippen LogP contribution in [0.5, 0.6) is 5.75 Å². The molecular formula is C18H16FNO. The van der Waals surface area contributed by atoms with Gasteiger partial charge in [0, 0.05) is 23.4 Å². The predicted octanol–water partition coefficient (Wildman–Crippen LogP) is 3.40. The zero-order valence-electron chi connectivity index (χ0n) is 11.7.